The summed E-state index contributed by atoms with van der Waals surface area (Å²) in [5.74, 6) is 2.47. The number of rotatable bonds is 20. The summed E-state index contributed by atoms with van der Waals surface area (Å²) in [7, 11) is 0. The Kier molecular flexibility index (Phi) is 13.1. The minimum atomic E-state index is -0.300. The van der Waals surface area contributed by atoms with Gasteiger partial charge in [0, 0.05) is 101 Å². The summed E-state index contributed by atoms with van der Waals surface area (Å²) in [6.07, 6.45) is 5.39. The number of nitrogens with zero attached hydrogens (tertiary/aromatic N) is 4. The maximum atomic E-state index is 15.5. The van der Waals surface area contributed by atoms with Gasteiger partial charge < -0.3 is 57.9 Å². The van der Waals surface area contributed by atoms with Gasteiger partial charge in [-0.15, -0.1) is 0 Å². The van der Waals surface area contributed by atoms with Crippen molar-refractivity contribution in [2.75, 3.05) is 126 Å². The standard InChI is InChI=1S/C50H56N8O10/c59-45-41-33(51-13-17-55-21-29-65-47(55)37-5-1-25-61-37)9-10-34(52-14-18-56-22-30-66-48(56)38-6-2-26-62-38)42(41)46(60)44-36(54-16-20-58-24-32-68-50(58)40-8-4-28-64-40)12-11-35(43(44)45)53-15-19-57-23-31-67-49(57)39-7-3-27-63-39/h1-12,25-28,47-54H,13-24,29-32H2. The third-order valence-corrected chi connectivity index (χ3v) is 13.3. The SMILES string of the molecule is O=C1c2c(NCCN3CCOC3c3ccco3)ccc(NCCN3CCOC3c3ccco3)c2C(=O)c2c(NCCN3CCOC3c3ccco3)ccc(NCCN3CCOC3c3ccco3)c21. The van der Waals surface area contributed by atoms with E-state index in [0.29, 0.717) is 124 Å². The first-order valence-electron chi connectivity index (χ1n) is 23.5. The Morgan fingerprint density at radius 2 is 0.632 bits per heavy atom. The molecule has 0 spiro atoms. The molecule has 4 N–H and O–H groups in total. The molecule has 6 aromatic rings. The van der Waals surface area contributed by atoms with Gasteiger partial charge in [-0.25, -0.2) is 0 Å². The molecule has 0 saturated carbocycles. The molecule has 0 amide bonds. The van der Waals surface area contributed by atoms with Crippen LogP contribution < -0.4 is 21.3 Å². The van der Waals surface area contributed by atoms with Crippen molar-refractivity contribution < 1.29 is 46.2 Å². The minimum Gasteiger partial charge on any atom is -0.465 e. The van der Waals surface area contributed by atoms with Gasteiger partial charge in [-0.05, 0) is 72.8 Å². The molecule has 0 bridgehead atoms. The highest BCUT2D eigenvalue weighted by molar-refractivity contribution is 6.35. The third kappa shape index (κ3) is 8.97. The van der Waals surface area contributed by atoms with Crippen molar-refractivity contribution in [3.8, 4) is 0 Å². The number of ether oxygens (including phenoxy) is 4. The van der Waals surface area contributed by atoms with E-state index in [2.05, 4.69) is 40.9 Å². The van der Waals surface area contributed by atoms with E-state index >= 15 is 9.59 Å². The number of nitrogens with one attached hydrogen (secondary N) is 4. The number of fused-ring (bicyclic) bond motifs is 2. The van der Waals surface area contributed by atoms with Crippen molar-refractivity contribution in [2.24, 2.45) is 0 Å². The van der Waals surface area contributed by atoms with E-state index in [9.17, 15) is 0 Å². The summed E-state index contributed by atoms with van der Waals surface area (Å²) in [6, 6.07) is 22.7. The number of anilines is 4. The molecule has 11 rings (SSSR count). The van der Waals surface area contributed by atoms with Crippen molar-refractivity contribution in [1.29, 1.82) is 0 Å². The summed E-state index contributed by atoms with van der Waals surface area (Å²) in [4.78, 5) is 39.8. The highest BCUT2D eigenvalue weighted by Crippen LogP contribution is 2.42. The molecular formula is C50H56N8O10. The van der Waals surface area contributed by atoms with Gasteiger partial charge in [-0.2, -0.15) is 0 Å². The molecule has 5 aliphatic rings. The number of carbonyl (C=O) groups excluding carboxylic acids is 2. The maximum absolute atomic E-state index is 15.5. The predicted octanol–water partition coefficient (Wildman–Crippen LogP) is 6.61. The fraction of sp³-hybridized carbons (Fsp3) is 0.400. The van der Waals surface area contributed by atoms with Crippen molar-refractivity contribution in [3.63, 3.8) is 0 Å². The quantitative estimate of drug-likeness (QED) is 0.0640. The van der Waals surface area contributed by atoms with Gasteiger partial charge in [0.05, 0.1) is 73.7 Å². The Balaban J connectivity index is 0.890. The Morgan fingerprint density at radius 1 is 0.382 bits per heavy atom. The van der Waals surface area contributed by atoms with Crippen LogP contribution in [0, 0.1) is 0 Å². The molecule has 2 aromatic carbocycles. The molecule has 68 heavy (non-hydrogen) atoms. The third-order valence-electron chi connectivity index (χ3n) is 13.3. The van der Waals surface area contributed by atoms with E-state index in [4.69, 9.17) is 36.6 Å². The average Bonchev–Trinajstić information content (AvgIpc) is 4.18. The number of benzene rings is 2. The first kappa shape index (κ1) is 44.3. The smallest absolute Gasteiger partial charge is 0.198 e. The molecule has 4 unspecified atom stereocenters. The molecule has 4 atom stereocenters. The molecule has 8 heterocycles. The lowest BCUT2D eigenvalue weighted by Crippen LogP contribution is -2.32. The number of hydrogen-bond donors (Lipinski definition) is 4. The number of carbonyl (C=O) groups is 2. The fourth-order valence-electron chi connectivity index (χ4n) is 10.0. The van der Waals surface area contributed by atoms with Crippen LogP contribution in [0.5, 0.6) is 0 Å². The van der Waals surface area contributed by atoms with Crippen LogP contribution in [-0.4, -0.2) is 136 Å². The van der Waals surface area contributed by atoms with E-state index in [-0.39, 0.29) is 36.5 Å². The highest BCUT2D eigenvalue weighted by Gasteiger charge is 2.39. The maximum Gasteiger partial charge on any atom is 0.198 e. The molecule has 4 saturated heterocycles. The second-order valence-electron chi connectivity index (χ2n) is 17.3. The van der Waals surface area contributed by atoms with Gasteiger partial charge in [-0.3, -0.25) is 29.2 Å². The van der Waals surface area contributed by atoms with Crippen LogP contribution in [0.15, 0.2) is 116 Å². The summed E-state index contributed by atoms with van der Waals surface area (Å²) >= 11 is 0. The number of hydrogen-bond acceptors (Lipinski definition) is 18. The van der Waals surface area contributed by atoms with Crippen molar-refractivity contribution in [3.05, 3.63) is 143 Å². The fourth-order valence-corrected chi connectivity index (χ4v) is 10.0. The average molecular weight is 929 g/mol. The van der Waals surface area contributed by atoms with E-state index in [1.807, 2.05) is 72.8 Å². The zero-order chi connectivity index (χ0) is 45.8. The van der Waals surface area contributed by atoms with Crippen LogP contribution in [-0.2, 0) is 18.9 Å². The molecular weight excluding hydrogens is 873 g/mol. The predicted molar refractivity (Wildman–Crippen MR) is 250 cm³/mol. The summed E-state index contributed by atoms with van der Waals surface area (Å²) in [5, 5.41) is 14.2. The lowest BCUT2D eigenvalue weighted by atomic mass is 9.80. The van der Waals surface area contributed by atoms with Crippen molar-refractivity contribution in [1.82, 2.24) is 19.6 Å². The molecule has 18 nitrogen and oxygen atoms in total. The van der Waals surface area contributed by atoms with Crippen LogP contribution >= 0.6 is 0 Å². The highest BCUT2D eigenvalue weighted by atomic mass is 16.5. The number of furan rings is 4. The van der Waals surface area contributed by atoms with Gasteiger partial charge in [0.25, 0.3) is 0 Å². The molecule has 4 aliphatic heterocycles. The molecule has 4 aromatic heterocycles. The van der Waals surface area contributed by atoms with Crippen LogP contribution in [0.4, 0.5) is 22.7 Å². The largest absolute Gasteiger partial charge is 0.465 e. The van der Waals surface area contributed by atoms with Gasteiger partial charge >= 0.3 is 0 Å². The van der Waals surface area contributed by atoms with Crippen LogP contribution in [0.2, 0.25) is 0 Å². The molecule has 1 aliphatic carbocycles. The van der Waals surface area contributed by atoms with Crippen LogP contribution in [0.25, 0.3) is 0 Å². The normalized spacial score (nSPS) is 22.3. The lowest BCUT2D eigenvalue weighted by molar-refractivity contribution is 0.0173. The van der Waals surface area contributed by atoms with Crippen LogP contribution in [0.1, 0.15) is 79.8 Å². The van der Waals surface area contributed by atoms with Gasteiger partial charge in [0.2, 0.25) is 0 Å². The summed E-state index contributed by atoms with van der Waals surface area (Å²) in [5.41, 5.74) is 3.61. The van der Waals surface area contributed by atoms with Gasteiger partial charge in [0.1, 0.15) is 23.0 Å². The Bertz CT molecular complexity index is 2270. The molecule has 356 valence electrons. The van der Waals surface area contributed by atoms with E-state index < -0.39 is 0 Å². The van der Waals surface area contributed by atoms with E-state index in [0.717, 1.165) is 49.2 Å². The zero-order valence-corrected chi connectivity index (χ0v) is 37.7. The Hall–Kier alpha value is -6.22. The van der Waals surface area contributed by atoms with Crippen molar-refractivity contribution >= 4 is 34.3 Å². The first-order valence-corrected chi connectivity index (χ1v) is 23.5. The van der Waals surface area contributed by atoms with E-state index in [1.165, 1.54) is 0 Å². The van der Waals surface area contributed by atoms with E-state index in [1.54, 1.807) is 25.1 Å². The molecule has 0 radical (unpaired) electrons. The van der Waals surface area contributed by atoms with Gasteiger partial charge in [0.15, 0.2) is 36.5 Å². The Morgan fingerprint density at radius 3 is 0.853 bits per heavy atom. The molecule has 4 fully saturated rings. The zero-order valence-electron chi connectivity index (χ0n) is 37.7. The first-order chi connectivity index (χ1) is 33.6. The monoisotopic (exact) mass is 928 g/mol. The second-order valence-corrected chi connectivity index (χ2v) is 17.3. The molecule has 18 heteroatoms. The minimum absolute atomic E-state index is 0.250. The lowest BCUT2D eigenvalue weighted by Gasteiger charge is -2.29. The van der Waals surface area contributed by atoms with Crippen molar-refractivity contribution in [2.45, 2.75) is 24.9 Å². The van der Waals surface area contributed by atoms with Gasteiger partial charge in [-0.1, -0.05) is 0 Å². The summed E-state index contributed by atoms with van der Waals surface area (Å²) in [6.45, 7) is 9.59. The van der Waals surface area contributed by atoms with Crippen LogP contribution in [0.3, 0.4) is 0 Å². The topological polar surface area (TPSA) is 185 Å². The number of ketones is 2. The summed E-state index contributed by atoms with van der Waals surface area (Å²) < 4.78 is 46.9. The second kappa shape index (κ2) is 20.2. The Labute approximate surface area is 393 Å².